The van der Waals surface area contributed by atoms with Crippen molar-refractivity contribution in [3.63, 3.8) is 0 Å². The molecule has 0 radical (unpaired) electrons. The molecule has 0 fully saturated rings. The van der Waals surface area contributed by atoms with E-state index in [2.05, 4.69) is 4.72 Å². The van der Waals surface area contributed by atoms with Gasteiger partial charge >= 0.3 is 5.97 Å². The highest BCUT2D eigenvalue weighted by Crippen LogP contribution is 2.33. The first-order valence-corrected chi connectivity index (χ1v) is 11.1. The molecule has 0 saturated heterocycles. The molecule has 2 aromatic carbocycles. The predicted molar refractivity (Wildman–Crippen MR) is 110 cm³/mol. The van der Waals surface area contributed by atoms with Crippen molar-refractivity contribution < 1.29 is 37.5 Å². The lowest BCUT2D eigenvalue weighted by atomic mass is 10.1. The lowest BCUT2D eigenvalue weighted by Gasteiger charge is -2.22. The molecule has 172 valence electrons. The first-order valence-electron chi connectivity index (χ1n) is 9.22. The number of hydrogen-bond donors (Lipinski definition) is 2. The maximum Gasteiger partial charge on any atom is 0.327 e. The zero-order chi connectivity index (χ0) is 23.5. The van der Waals surface area contributed by atoms with E-state index in [4.69, 9.17) is 25.8 Å². The Bertz CT molecular complexity index is 1120. The molecule has 11 nitrogen and oxygen atoms in total. The van der Waals surface area contributed by atoms with Crippen LogP contribution in [0.4, 0.5) is 5.69 Å². The summed E-state index contributed by atoms with van der Waals surface area (Å²) < 4.78 is 42.9. The zero-order valence-electron chi connectivity index (χ0n) is 16.7. The molecule has 1 heterocycles. The number of nitro groups is 1. The van der Waals surface area contributed by atoms with E-state index >= 15 is 0 Å². The molecule has 3 rings (SSSR count). The Kier molecular flexibility index (Phi) is 7.31. The second kappa shape index (κ2) is 9.79. The fourth-order valence-electron chi connectivity index (χ4n) is 2.92. The van der Waals surface area contributed by atoms with Crippen molar-refractivity contribution in [1.29, 1.82) is 0 Å². The van der Waals surface area contributed by atoms with E-state index in [1.165, 1.54) is 43.3 Å². The quantitative estimate of drug-likeness (QED) is 0.323. The molecule has 0 bridgehead atoms. The second-order valence-electron chi connectivity index (χ2n) is 6.86. The van der Waals surface area contributed by atoms with Crippen LogP contribution in [-0.2, 0) is 37.5 Å². The van der Waals surface area contributed by atoms with Gasteiger partial charge in [-0.25, -0.2) is 8.42 Å². The minimum atomic E-state index is -4.18. The smallest absolute Gasteiger partial charge is 0.327 e. The Hall–Kier alpha value is -2.77. The summed E-state index contributed by atoms with van der Waals surface area (Å²) in [4.78, 5) is 23.0. The highest BCUT2D eigenvalue weighted by Gasteiger charge is 2.31. The minimum absolute atomic E-state index is 0.0785. The molecule has 0 aliphatic carbocycles. The first-order chi connectivity index (χ1) is 15.1. The fourth-order valence-corrected chi connectivity index (χ4v) is 4.31. The summed E-state index contributed by atoms with van der Waals surface area (Å²) in [5.74, 6) is -0.796. The van der Waals surface area contributed by atoms with Gasteiger partial charge < -0.3 is 19.3 Å². The molecule has 0 saturated carbocycles. The maximum atomic E-state index is 12.6. The lowest BCUT2D eigenvalue weighted by molar-refractivity contribution is -0.385. The molecular formula is C19H19ClN2O9S. The number of carbonyl (C=O) groups excluding carboxylic acids is 1. The van der Waals surface area contributed by atoms with Gasteiger partial charge in [-0.3, -0.25) is 14.9 Å². The second-order valence-corrected chi connectivity index (χ2v) is 9.01. The maximum absolute atomic E-state index is 12.6. The number of fused-ring (bicyclic) bond motifs is 1. The number of benzene rings is 2. The van der Waals surface area contributed by atoms with Crippen molar-refractivity contribution in [2.45, 2.75) is 37.2 Å². The Labute approximate surface area is 188 Å². The van der Waals surface area contributed by atoms with Gasteiger partial charge in [-0.2, -0.15) is 4.72 Å². The van der Waals surface area contributed by atoms with Gasteiger partial charge in [-0.15, -0.1) is 0 Å². The van der Waals surface area contributed by atoms with Crippen molar-refractivity contribution in [3.05, 3.63) is 62.7 Å². The van der Waals surface area contributed by atoms with E-state index in [1.807, 2.05) is 0 Å². The number of hydrogen-bond acceptors (Lipinski definition) is 9. The third kappa shape index (κ3) is 5.53. The van der Waals surface area contributed by atoms with Gasteiger partial charge in [-0.1, -0.05) is 11.6 Å². The van der Waals surface area contributed by atoms with Gasteiger partial charge in [0.15, 0.2) is 6.79 Å². The summed E-state index contributed by atoms with van der Waals surface area (Å²) in [5.41, 5.74) is 0.363. The van der Waals surface area contributed by atoms with Crippen molar-refractivity contribution >= 4 is 33.3 Å². The largest absolute Gasteiger partial charge is 0.467 e. The van der Waals surface area contributed by atoms with Gasteiger partial charge in [0.05, 0.1) is 22.5 Å². The molecule has 0 spiro atoms. The van der Waals surface area contributed by atoms with Crippen molar-refractivity contribution in [1.82, 2.24) is 4.72 Å². The number of aliphatic hydroxyl groups excluding tert-OH is 1. The monoisotopic (exact) mass is 486 g/mol. The van der Waals surface area contributed by atoms with E-state index in [0.29, 0.717) is 10.6 Å². The van der Waals surface area contributed by atoms with Gasteiger partial charge in [0.2, 0.25) is 10.0 Å². The predicted octanol–water partition coefficient (Wildman–Crippen LogP) is 1.89. The van der Waals surface area contributed by atoms with Crippen LogP contribution >= 0.6 is 11.6 Å². The average molecular weight is 487 g/mol. The molecule has 1 aliphatic rings. The van der Waals surface area contributed by atoms with Crippen LogP contribution in [0, 0.1) is 10.1 Å². The lowest BCUT2D eigenvalue weighted by Crippen LogP contribution is -2.48. The molecule has 2 N–H and O–H groups in total. The summed E-state index contributed by atoms with van der Waals surface area (Å²) in [5, 5.41) is 21.5. The summed E-state index contributed by atoms with van der Waals surface area (Å²) in [6.07, 6.45) is -1.44. The third-order valence-corrected chi connectivity index (χ3v) is 6.20. The Balaban J connectivity index is 1.78. The molecule has 1 aliphatic heterocycles. The van der Waals surface area contributed by atoms with E-state index < -0.39 is 39.7 Å². The van der Waals surface area contributed by atoms with Gasteiger partial charge in [0.25, 0.3) is 5.69 Å². The summed E-state index contributed by atoms with van der Waals surface area (Å²) in [6.45, 7) is 0.763. The highest BCUT2D eigenvalue weighted by molar-refractivity contribution is 7.89. The normalized spacial score (nSPS) is 15.2. The summed E-state index contributed by atoms with van der Waals surface area (Å²) in [6, 6.07) is 6.05. The molecule has 0 aromatic heterocycles. The fraction of sp³-hybridized carbons (Fsp3) is 0.316. The summed E-state index contributed by atoms with van der Waals surface area (Å²) >= 11 is 5.76. The van der Waals surface area contributed by atoms with Crippen LogP contribution in [0.3, 0.4) is 0 Å². The van der Waals surface area contributed by atoms with E-state index in [0.717, 1.165) is 0 Å². The topological polar surface area (TPSA) is 154 Å². The van der Waals surface area contributed by atoms with E-state index in [1.54, 1.807) is 0 Å². The number of esters is 1. The van der Waals surface area contributed by atoms with Crippen LogP contribution in [0.25, 0.3) is 0 Å². The van der Waals surface area contributed by atoms with E-state index in [9.17, 15) is 28.4 Å². The molecular weight excluding hydrogens is 468 g/mol. The van der Waals surface area contributed by atoms with Crippen molar-refractivity contribution in [3.8, 4) is 5.75 Å². The number of rotatable bonds is 8. The number of nitrogens with zero attached hydrogens (tertiary/aromatic N) is 1. The molecule has 2 aromatic rings. The Morgan fingerprint density at radius 2 is 2.03 bits per heavy atom. The number of ether oxygens (including phenoxy) is 3. The van der Waals surface area contributed by atoms with Crippen LogP contribution in [0.1, 0.15) is 18.1 Å². The summed E-state index contributed by atoms with van der Waals surface area (Å²) in [7, 11) is -4.18. The Morgan fingerprint density at radius 1 is 1.34 bits per heavy atom. The zero-order valence-corrected chi connectivity index (χ0v) is 18.3. The minimum Gasteiger partial charge on any atom is -0.467 e. The SMILES string of the molecule is C[C@H](O)[C@@H](NS(=O)(=O)c1ccc(Cl)cc1)C(=O)OCc1cc([N+](=O)[O-])cc2c1OCOC2. The van der Waals surface area contributed by atoms with Crippen LogP contribution in [-0.4, -0.2) is 43.4 Å². The first kappa shape index (κ1) is 23.9. The molecule has 0 amide bonds. The third-order valence-electron chi connectivity index (χ3n) is 4.49. The van der Waals surface area contributed by atoms with Crippen LogP contribution < -0.4 is 9.46 Å². The number of carbonyl (C=O) groups is 1. The van der Waals surface area contributed by atoms with Gasteiger partial charge in [-0.05, 0) is 31.2 Å². The van der Waals surface area contributed by atoms with Crippen molar-refractivity contribution in [2.24, 2.45) is 0 Å². The highest BCUT2D eigenvalue weighted by atomic mass is 35.5. The van der Waals surface area contributed by atoms with Crippen LogP contribution in [0.2, 0.25) is 5.02 Å². The number of sulfonamides is 1. The number of non-ortho nitro benzene ring substituents is 1. The van der Waals surface area contributed by atoms with Gasteiger partial charge in [0.1, 0.15) is 18.4 Å². The van der Waals surface area contributed by atoms with Crippen LogP contribution in [0.5, 0.6) is 5.75 Å². The molecule has 13 heteroatoms. The number of nitro benzene ring substituents is 1. The van der Waals surface area contributed by atoms with Crippen LogP contribution in [0.15, 0.2) is 41.3 Å². The number of halogens is 1. The van der Waals surface area contributed by atoms with Gasteiger partial charge in [0, 0.05) is 28.3 Å². The number of nitrogens with one attached hydrogen (secondary N) is 1. The standard InChI is InChI=1S/C19H19ClN2O9S/c1-11(23)17(21-32(27,28)16-4-2-14(20)3-5-16)19(24)30-9-13-7-15(22(25)26)6-12-8-29-10-31-18(12)13/h2-7,11,17,21,23H,8-10H2,1H3/t11-,17+/m0/s1. The molecule has 2 atom stereocenters. The Morgan fingerprint density at radius 3 is 2.66 bits per heavy atom. The van der Waals surface area contributed by atoms with E-state index in [-0.39, 0.29) is 35.3 Å². The van der Waals surface area contributed by atoms with Crippen molar-refractivity contribution in [2.75, 3.05) is 6.79 Å². The molecule has 0 unspecified atom stereocenters. The average Bonchev–Trinajstić information content (AvgIpc) is 2.75. The number of aliphatic hydroxyl groups is 1. The molecule has 32 heavy (non-hydrogen) atoms.